The van der Waals surface area contributed by atoms with Crippen LogP contribution in [0.1, 0.15) is 34.1 Å². The molecule has 168 valence electrons. The molecule has 6 N–H and O–H groups in total. The molecule has 1 aliphatic rings. The van der Waals surface area contributed by atoms with Gasteiger partial charge in [0.05, 0.1) is 34.5 Å². The number of benzene rings is 2. The lowest BCUT2D eigenvalue weighted by Gasteiger charge is -2.34. The number of nitrogens with zero attached hydrogens (tertiary/aromatic N) is 3. The van der Waals surface area contributed by atoms with E-state index >= 15 is 0 Å². The molecule has 1 aromatic heterocycles. The van der Waals surface area contributed by atoms with Gasteiger partial charge >= 0.3 is 0 Å². The second kappa shape index (κ2) is 8.90. The standard InChI is InChI=1S/C23H21F2N7O/c24-15-5-6-16(17(25)9-15)22(33)32-20(23(28)7-8-29-11-23)19-18(21(27)31-12-30-19)14-3-1-13(10-26)2-4-14/h1-6,9,12,20,29H,7-8,11,28H2,(H,32,33)(H2,27,30,31). The Bertz CT molecular complexity index is 1230. The quantitative estimate of drug-likeness (QED) is 0.467. The summed E-state index contributed by atoms with van der Waals surface area (Å²) in [4.78, 5) is 21.5. The number of aromatic nitrogens is 2. The molecule has 1 fully saturated rings. The highest BCUT2D eigenvalue weighted by atomic mass is 19.1. The SMILES string of the molecule is N#Cc1ccc(-c2c(N)ncnc2C(NC(=O)c2ccc(F)cc2F)C2(N)CCNC2)cc1. The van der Waals surface area contributed by atoms with Crippen molar-refractivity contribution >= 4 is 11.7 Å². The predicted octanol–water partition coefficient (Wildman–Crippen LogP) is 2.04. The molecule has 1 amide bonds. The lowest BCUT2D eigenvalue weighted by atomic mass is 9.84. The third-order valence-electron chi connectivity index (χ3n) is 5.73. The molecule has 0 bridgehead atoms. The molecular weight excluding hydrogens is 428 g/mol. The summed E-state index contributed by atoms with van der Waals surface area (Å²) in [6.45, 7) is 0.973. The van der Waals surface area contributed by atoms with Crippen LogP contribution in [0.2, 0.25) is 0 Å². The number of nitrogen functional groups attached to an aromatic ring is 1. The minimum atomic E-state index is -0.989. The molecule has 1 saturated heterocycles. The molecule has 2 unspecified atom stereocenters. The lowest BCUT2D eigenvalue weighted by Crippen LogP contribution is -2.54. The van der Waals surface area contributed by atoms with E-state index in [1.54, 1.807) is 24.3 Å². The summed E-state index contributed by atoms with van der Waals surface area (Å²) in [5.74, 6) is -2.39. The number of hydrogen-bond acceptors (Lipinski definition) is 7. The fourth-order valence-electron chi connectivity index (χ4n) is 3.98. The van der Waals surface area contributed by atoms with Gasteiger partial charge in [0.15, 0.2) is 0 Å². The van der Waals surface area contributed by atoms with Gasteiger partial charge in [0.2, 0.25) is 0 Å². The number of carbonyl (C=O) groups excluding carboxylic acids is 1. The Morgan fingerprint density at radius 1 is 1.21 bits per heavy atom. The van der Waals surface area contributed by atoms with Gasteiger partial charge in [0.25, 0.3) is 5.91 Å². The Morgan fingerprint density at radius 2 is 1.97 bits per heavy atom. The van der Waals surface area contributed by atoms with E-state index in [-0.39, 0.29) is 11.4 Å². The van der Waals surface area contributed by atoms with Gasteiger partial charge in [-0.05, 0) is 42.8 Å². The van der Waals surface area contributed by atoms with Crippen LogP contribution in [0, 0.1) is 23.0 Å². The van der Waals surface area contributed by atoms with Crippen molar-refractivity contribution in [3.8, 4) is 17.2 Å². The van der Waals surface area contributed by atoms with Crippen LogP contribution in [0.25, 0.3) is 11.1 Å². The molecule has 2 aromatic carbocycles. The van der Waals surface area contributed by atoms with E-state index in [1.165, 1.54) is 6.33 Å². The first-order chi connectivity index (χ1) is 15.8. The molecule has 0 aliphatic carbocycles. The van der Waals surface area contributed by atoms with Crippen LogP contribution >= 0.6 is 0 Å². The maximum atomic E-state index is 14.3. The number of amides is 1. The molecule has 0 radical (unpaired) electrons. The van der Waals surface area contributed by atoms with Crippen LogP contribution in [0.4, 0.5) is 14.6 Å². The van der Waals surface area contributed by atoms with Crippen molar-refractivity contribution in [2.24, 2.45) is 5.73 Å². The Morgan fingerprint density at radius 3 is 2.61 bits per heavy atom. The third-order valence-corrected chi connectivity index (χ3v) is 5.73. The van der Waals surface area contributed by atoms with E-state index in [1.807, 2.05) is 0 Å². The molecule has 2 atom stereocenters. The van der Waals surface area contributed by atoms with Gasteiger partial charge in [-0.25, -0.2) is 18.7 Å². The average Bonchev–Trinajstić information content (AvgIpc) is 3.24. The average molecular weight is 449 g/mol. The van der Waals surface area contributed by atoms with Gasteiger partial charge in [-0.3, -0.25) is 4.79 Å². The van der Waals surface area contributed by atoms with Crippen molar-refractivity contribution in [1.29, 1.82) is 5.26 Å². The smallest absolute Gasteiger partial charge is 0.254 e. The molecule has 33 heavy (non-hydrogen) atoms. The minimum Gasteiger partial charge on any atom is -0.383 e. The highest BCUT2D eigenvalue weighted by Gasteiger charge is 2.42. The summed E-state index contributed by atoms with van der Waals surface area (Å²) in [5.41, 5.74) is 13.5. The highest BCUT2D eigenvalue weighted by Crippen LogP contribution is 2.37. The number of nitriles is 1. The number of anilines is 1. The summed E-state index contributed by atoms with van der Waals surface area (Å²) in [7, 11) is 0. The Labute approximate surface area is 188 Å². The second-order valence-electron chi connectivity index (χ2n) is 7.90. The second-order valence-corrected chi connectivity index (χ2v) is 7.90. The van der Waals surface area contributed by atoms with Crippen LogP contribution in [-0.4, -0.2) is 34.5 Å². The molecule has 4 rings (SSSR count). The summed E-state index contributed by atoms with van der Waals surface area (Å²) in [6, 6.07) is 10.6. The van der Waals surface area contributed by atoms with Gasteiger partial charge in [-0.2, -0.15) is 5.26 Å². The number of nitrogens with two attached hydrogens (primary N) is 2. The first kappa shape index (κ1) is 22.3. The fourth-order valence-corrected chi connectivity index (χ4v) is 3.98. The molecular formula is C23H21F2N7O. The van der Waals surface area contributed by atoms with E-state index in [0.717, 1.165) is 12.1 Å². The van der Waals surface area contributed by atoms with Crippen LogP contribution in [0.15, 0.2) is 48.8 Å². The zero-order chi connectivity index (χ0) is 23.6. The van der Waals surface area contributed by atoms with Gasteiger partial charge in [-0.1, -0.05) is 12.1 Å². The number of nitrogens with one attached hydrogen (secondary N) is 2. The number of halogens is 2. The van der Waals surface area contributed by atoms with Crippen molar-refractivity contribution in [3.05, 3.63) is 77.2 Å². The largest absolute Gasteiger partial charge is 0.383 e. The molecule has 0 saturated carbocycles. The van der Waals surface area contributed by atoms with E-state index in [0.29, 0.717) is 48.0 Å². The molecule has 3 aromatic rings. The van der Waals surface area contributed by atoms with Gasteiger partial charge in [-0.15, -0.1) is 0 Å². The van der Waals surface area contributed by atoms with Crippen molar-refractivity contribution < 1.29 is 13.6 Å². The monoisotopic (exact) mass is 449 g/mol. The Hall–Kier alpha value is -3.94. The lowest BCUT2D eigenvalue weighted by molar-refractivity contribution is 0.0910. The maximum absolute atomic E-state index is 14.3. The van der Waals surface area contributed by atoms with Crippen LogP contribution in [0.5, 0.6) is 0 Å². The summed E-state index contributed by atoms with van der Waals surface area (Å²) in [6.07, 6.45) is 1.77. The van der Waals surface area contributed by atoms with E-state index in [4.69, 9.17) is 16.7 Å². The molecule has 10 heteroatoms. The third kappa shape index (κ3) is 4.37. The highest BCUT2D eigenvalue weighted by molar-refractivity contribution is 5.95. The van der Waals surface area contributed by atoms with Crippen molar-refractivity contribution in [2.45, 2.75) is 18.0 Å². The van der Waals surface area contributed by atoms with Crippen LogP contribution < -0.4 is 22.1 Å². The zero-order valence-electron chi connectivity index (χ0n) is 17.5. The topological polar surface area (TPSA) is 143 Å². The van der Waals surface area contributed by atoms with E-state index in [2.05, 4.69) is 26.7 Å². The summed E-state index contributed by atoms with van der Waals surface area (Å²) in [5, 5.41) is 15.1. The molecule has 8 nitrogen and oxygen atoms in total. The normalized spacial score (nSPS) is 18.5. The number of hydrogen-bond donors (Lipinski definition) is 4. The number of rotatable bonds is 5. The van der Waals surface area contributed by atoms with Crippen LogP contribution in [-0.2, 0) is 0 Å². The first-order valence-corrected chi connectivity index (χ1v) is 10.2. The predicted molar refractivity (Wildman–Crippen MR) is 118 cm³/mol. The van der Waals surface area contributed by atoms with Crippen molar-refractivity contribution in [3.63, 3.8) is 0 Å². The maximum Gasteiger partial charge on any atom is 0.254 e. The Balaban J connectivity index is 1.81. The van der Waals surface area contributed by atoms with E-state index < -0.39 is 29.1 Å². The minimum absolute atomic E-state index is 0.159. The summed E-state index contributed by atoms with van der Waals surface area (Å²) < 4.78 is 27.6. The van der Waals surface area contributed by atoms with Gasteiger partial charge < -0.3 is 22.1 Å². The number of carbonyl (C=O) groups is 1. The summed E-state index contributed by atoms with van der Waals surface area (Å²) >= 11 is 0. The zero-order valence-corrected chi connectivity index (χ0v) is 17.5. The van der Waals surface area contributed by atoms with Crippen molar-refractivity contribution in [1.82, 2.24) is 20.6 Å². The molecule has 1 aliphatic heterocycles. The fraction of sp³-hybridized carbons (Fsp3) is 0.217. The van der Waals surface area contributed by atoms with Gasteiger partial charge in [0, 0.05) is 18.2 Å². The van der Waals surface area contributed by atoms with Crippen molar-refractivity contribution in [2.75, 3.05) is 18.8 Å². The van der Waals surface area contributed by atoms with E-state index in [9.17, 15) is 13.6 Å². The van der Waals surface area contributed by atoms with Gasteiger partial charge in [0.1, 0.15) is 23.8 Å². The molecule has 0 spiro atoms. The molecule has 2 heterocycles. The Kier molecular flexibility index (Phi) is 6.00. The van der Waals surface area contributed by atoms with Crippen LogP contribution in [0.3, 0.4) is 0 Å². The first-order valence-electron chi connectivity index (χ1n) is 10.2.